The normalized spacial score (nSPS) is 28.2. The molecule has 17 heavy (non-hydrogen) atoms. The standard InChI is InChI=1S/C9H19NO5S2/c1-3-8-6-10(5-4-9(8)11)17(14,15)7-16(2,12)13/h8-9,11H,3-7H2,1-2H3. The molecule has 0 saturated carbocycles. The molecule has 1 saturated heterocycles. The van der Waals surface area contributed by atoms with E-state index < -0.39 is 31.0 Å². The average molecular weight is 285 g/mol. The maximum atomic E-state index is 11.8. The molecule has 1 aliphatic heterocycles. The Labute approximate surface area is 103 Å². The largest absolute Gasteiger partial charge is 0.393 e. The predicted molar refractivity (Wildman–Crippen MR) is 64.6 cm³/mol. The molecule has 6 nitrogen and oxygen atoms in total. The van der Waals surface area contributed by atoms with Crippen molar-refractivity contribution in [1.29, 1.82) is 0 Å². The van der Waals surface area contributed by atoms with Crippen molar-refractivity contribution in [3.63, 3.8) is 0 Å². The first-order valence-electron chi connectivity index (χ1n) is 5.49. The first kappa shape index (κ1) is 14.9. The van der Waals surface area contributed by atoms with Crippen molar-refractivity contribution >= 4 is 19.9 Å². The van der Waals surface area contributed by atoms with Gasteiger partial charge in [0, 0.05) is 19.3 Å². The van der Waals surface area contributed by atoms with Crippen LogP contribution in [0.25, 0.3) is 0 Å². The van der Waals surface area contributed by atoms with Crippen LogP contribution in [0.5, 0.6) is 0 Å². The van der Waals surface area contributed by atoms with Gasteiger partial charge >= 0.3 is 0 Å². The molecule has 1 heterocycles. The van der Waals surface area contributed by atoms with Crippen molar-refractivity contribution in [3.05, 3.63) is 0 Å². The molecule has 2 unspecified atom stereocenters. The SMILES string of the molecule is CCC1CN(S(=O)(=O)CS(C)(=O)=O)CCC1O. The van der Waals surface area contributed by atoms with E-state index in [4.69, 9.17) is 0 Å². The molecule has 0 bridgehead atoms. The van der Waals surface area contributed by atoms with Gasteiger partial charge in [0.25, 0.3) is 0 Å². The molecule has 8 heteroatoms. The third kappa shape index (κ3) is 4.20. The summed E-state index contributed by atoms with van der Waals surface area (Å²) < 4.78 is 46.9. The van der Waals surface area contributed by atoms with Gasteiger partial charge in [-0.15, -0.1) is 0 Å². The van der Waals surface area contributed by atoms with Gasteiger partial charge in [0.2, 0.25) is 10.0 Å². The van der Waals surface area contributed by atoms with E-state index in [-0.39, 0.29) is 19.0 Å². The van der Waals surface area contributed by atoms with Gasteiger partial charge in [0.1, 0.15) is 0 Å². The second kappa shape index (κ2) is 5.21. The summed E-state index contributed by atoms with van der Waals surface area (Å²) in [5.74, 6) is -0.113. The zero-order valence-electron chi connectivity index (χ0n) is 10.0. The second-order valence-corrected chi connectivity index (χ2v) is 9.01. The van der Waals surface area contributed by atoms with E-state index in [1.807, 2.05) is 6.92 Å². The van der Waals surface area contributed by atoms with Gasteiger partial charge in [-0.3, -0.25) is 0 Å². The summed E-state index contributed by atoms with van der Waals surface area (Å²) in [5, 5.41) is 8.79. The summed E-state index contributed by atoms with van der Waals surface area (Å²) in [6.07, 6.45) is 1.44. The lowest BCUT2D eigenvalue weighted by molar-refractivity contribution is 0.0522. The Morgan fingerprint density at radius 3 is 2.35 bits per heavy atom. The van der Waals surface area contributed by atoms with E-state index in [1.54, 1.807) is 0 Å². The van der Waals surface area contributed by atoms with Crippen molar-refractivity contribution in [1.82, 2.24) is 4.31 Å². The van der Waals surface area contributed by atoms with Gasteiger partial charge in [0.15, 0.2) is 14.9 Å². The van der Waals surface area contributed by atoms with Crippen molar-refractivity contribution < 1.29 is 21.9 Å². The Hall–Kier alpha value is -0.180. The first-order valence-corrected chi connectivity index (χ1v) is 9.16. The van der Waals surface area contributed by atoms with Gasteiger partial charge < -0.3 is 5.11 Å². The van der Waals surface area contributed by atoms with E-state index in [9.17, 15) is 21.9 Å². The maximum Gasteiger partial charge on any atom is 0.228 e. The van der Waals surface area contributed by atoms with Crippen LogP contribution in [0.1, 0.15) is 19.8 Å². The Morgan fingerprint density at radius 1 is 1.29 bits per heavy atom. The highest BCUT2D eigenvalue weighted by Crippen LogP contribution is 2.22. The Kier molecular flexibility index (Phi) is 4.56. The van der Waals surface area contributed by atoms with Crippen LogP contribution in [0.2, 0.25) is 0 Å². The molecule has 0 aromatic carbocycles. The average Bonchev–Trinajstić information content (AvgIpc) is 2.14. The van der Waals surface area contributed by atoms with Crippen molar-refractivity contribution in [3.8, 4) is 0 Å². The fourth-order valence-corrected chi connectivity index (χ4v) is 5.55. The van der Waals surface area contributed by atoms with Crippen LogP contribution in [0.3, 0.4) is 0 Å². The lowest BCUT2D eigenvalue weighted by Crippen LogP contribution is -2.47. The minimum absolute atomic E-state index is 0.113. The molecule has 1 fully saturated rings. The van der Waals surface area contributed by atoms with Crippen molar-refractivity contribution in [2.45, 2.75) is 25.9 Å². The van der Waals surface area contributed by atoms with Crippen LogP contribution in [0, 0.1) is 5.92 Å². The molecule has 1 N–H and O–H groups in total. The topological polar surface area (TPSA) is 91.8 Å². The molecule has 1 rings (SSSR count). The van der Waals surface area contributed by atoms with Crippen molar-refractivity contribution in [2.75, 3.05) is 24.4 Å². The number of sulfonamides is 1. The van der Waals surface area contributed by atoms with Gasteiger partial charge in [0.05, 0.1) is 6.10 Å². The molecular formula is C9H19NO5S2. The molecular weight excluding hydrogens is 266 g/mol. The number of aliphatic hydroxyl groups is 1. The molecule has 0 spiro atoms. The van der Waals surface area contributed by atoms with E-state index in [0.717, 1.165) is 6.26 Å². The Morgan fingerprint density at radius 2 is 1.88 bits per heavy atom. The molecule has 0 aromatic heterocycles. The maximum absolute atomic E-state index is 11.8. The van der Waals surface area contributed by atoms with E-state index in [0.29, 0.717) is 12.8 Å². The molecule has 0 radical (unpaired) electrons. The summed E-state index contributed by atoms with van der Waals surface area (Å²) in [6, 6.07) is 0. The number of piperidine rings is 1. The van der Waals surface area contributed by atoms with Crippen LogP contribution < -0.4 is 0 Å². The van der Waals surface area contributed by atoms with Gasteiger partial charge in [-0.05, 0) is 18.8 Å². The van der Waals surface area contributed by atoms with E-state index in [2.05, 4.69) is 0 Å². The van der Waals surface area contributed by atoms with Crippen LogP contribution in [-0.4, -0.2) is 56.8 Å². The number of rotatable bonds is 4. The Balaban J connectivity index is 2.80. The fraction of sp³-hybridized carbons (Fsp3) is 1.00. The van der Waals surface area contributed by atoms with E-state index >= 15 is 0 Å². The minimum atomic E-state index is -3.77. The number of hydrogen-bond acceptors (Lipinski definition) is 5. The zero-order valence-corrected chi connectivity index (χ0v) is 11.7. The molecule has 102 valence electrons. The third-order valence-corrected chi connectivity index (χ3v) is 6.96. The number of nitrogens with zero attached hydrogens (tertiary/aromatic N) is 1. The van der Waals surface area contributed by atoms with Gasteiger partial charge in [-0.25, -0.2) is 21.1 Å². The summed E-state index contributed by atoms with van der Waals surface area (Å²) in [5.41, 5.74) is 0. The van der Waals surface area contributed by atoms with Crippen LogP contribution in [0.15, 0.2) is 0 Å². The molecule has 0 aromatic rings. The van der Waals surface area contributed by atoms with Gasteiger partial charge in [-0.2, -0.15) is 0 Å². The quantitative estimate of drug-likeness (QED) is 0.745. The highest BCUT2D eigenvalue weighted by Gasteiger charge is 2.34. The first-order chi connectivity index (χ1) is 7.65. The molecule has 0 aliphatic carbocycles. The number of aliphatic hydroxyl groups excluding tert-OH is 1. The molecule has 0 amide bonds. The minimum Gasteiger partial charge on any atom is -0.393 e. The summed E-state index contributed by atoms with van der Waals surface area (Å²) in [7, 11) is -7.33. The number of hydrogen-bond donors (Lipinski definition) is 1. The fourth-order valence-electron chi connectivity index (χ4n) is 1.99. The Bertz CT molecular complexity index is 456. The molecule has 2 atom stereocenters. The van der Waals surface area contributed by atoms with Crippen LogP contribution >= 0.6 is 0 Å². The summed E-state index contributed by atoms with van der Waals surface area (Å²) in [4.78, 5) is 0. The number of sulfone groups is 1. The predicted octanol–water partition coefficient (Wildman–Crippen LogP) is -0.589. The zero-order chi connectivity index (χ0) is 13.3. The van der Waals surface area contributed by atoms with Crippen molar-refractivity contribution in [2.24, 2.45) is 5.92 Å². The lowest BCUT2D eigenvalue weighted by Gasteiger charge is -2.34. The van der Waals surface area contributed by atoms with Gasteiger partial charge in [-0.1, -0.05) is 6.92 Å². The molecule has 1 aliphatic rings. The van der Waals surface area contributed by atoms with E-state index in [1.165, 1.54) is 4.31 Å². The third-order valence-electron chi connectivity index (χ3n) is 2.94. The lowest BCUT2D eigenvalue weighted by atomic mass is 9.94. The highest BCUT2D eigenvalue weighted by atomic mass is 32.3. The highest BCUT2D eigenvalue weighted by molar-refractivity contribution is 8.06. The smallest absolute Gasteiger partial charge is 0.228 e. The monoisotopic (exact) mass is 285 g/mol. The summed E-state index contributed by atoms with van der Waals surface area (Å²) >= 11 is 0. The van der Waals surface area contributed by atoms with Crippen LogP contribution in [0.4, 0.5) is 0 Å². The second-order valence-electron chi connectivity index (χ2n) is 4.54. The summed E-state index contributed by atoms with van der Waals surface area (Å²) in [6.45, 7) is 2.27. The van der Waals surface area contributed by atoms with Crippen LogP contribution in [-0.2, 0) is 19.9 Å².